The molecule has 1 aromatic heterocycles. The van der Waals surface area contributed by atoms with Gasteiger partial charge in [-0.25, -0.2) is 0 Å². The summed E-state index contributed by atoms with van der Waals surface area (Å²) >= 11 is 0. The summed E-state index contributed by atoms with van der Waals surface area (Å²) < 4.78 is 2.15. The Bertz CT molecular complexity index is 421. The molecule has 1 aromatic rings. The Morgan fingerprint density at radius 2 is 2.15 bits per heavy atom. The molecule has 1 heterocycles. The maximum Gasteiger partial charge on any atom is 0.193 e. The fourth-order valence-corrected chi connectivity index (χ4v) is 2.81. The summed E-state index contributed by atoms with van der Waals surface area (Å²) in [6.45, 7) is 1.94. The Balaban J connectivity index is 0.00000200. The molecule has 5 heteroatoms. The van der Waals surface area contributed by atoms with E-state index in [1.807, 2.05) is 7.05 Å². The molecule has 0 unspecified atom stereocenters. The Hall–Kier alpha value is -0.720. The molecular formula is C15H27IN4. The third-order valence-corrected chi connectivity index (χ3v) is 4.05. The van der Waals surface area contributed by atoms with Crippen LogP contribution in [0.15, 0.2) is 23.3 Å². The lowest BCUT2D eigenvalue weighted by Gasteiger charge is -2.23. The van der Waals surface area contributed by atoms with Crippen LogP contribution in [0, 0.1) is 5.92 Å². The van der Waals surface area contributed by atoms with E-state index in [1.165, 1.54) is 31.4 Å². The van der Waals surface area contributed by atoms with Crippen LogP contribution in [0.3, 0.4) is 0 Å². The highest BCUT2D eigenvalue weighted by atomic mass is 127. The lowest BCUT2D eigenvalue weighted by molar-refractivity contribution is 0.446. The molecule has 1 aliphatic rings. The van der Waals surface area contributed by atoms with Gasteiger partial charge in [0.05, 0.1) is 6.54 Å². The van der Waals surface area contributed by atoms with Gasteiger partial charge in [-0.3, -0.25) is 4.99 Å². The van der Waals surface area contributed by atoms with E-state index >= 15 is 0 Å². The number of hydrogen-bond acceptors (Lipinski definition) is 1. The minimum atomic E-state index is 0. The Labute approximate surface area is 139 Å². The largest absolute Gasteiger partial charge is 0.356 e. The zero-order valence-corrected chi connectivity index (χ0v) is 15.1. The van der Waals surface area contributed by atoms with Gasteiger partial charge in [-0.15, -0.1) is 24.0 Å². The molecule has 0 amide bonds. The van der Waals surface area contributed by atoms with E-state index < -0.39 is 0 Å². The predicted molar refractivity (Wildman–Crippen MR) is 95.6 cm³/mol. The second-order valence-corrected chi connectivity index (χ2v) is 5.55. The molecule has 0 atom stereocenters. The Morgan fingerprint density at radius 1 is 1.45 bits per heavy atom. The smallest absolute Gasteiger partial charge is 0.193 e. The van der Waals surface area contributed by atoms with Crippen LogP contribution in [0.5, 0.6) is 0 Å². The predicted octanol–water partition coefficient (Wildman–Crippen LogP) is 2.84. The molecule has 4 nitrogen and oxygen atoms in total. The van der Waals surface area contributed by atoms with Gasteiger partial charge in [0.25, 0.3) is 0 Å². The molecule has 1 saturated carbocycles. The molecule has 0 radical (unpaired) electrons. The van der Waals surface area contributed by atoms with Crippen molar-refractivity contribution >= 4 is 29.9 Å². The second-order valence-electron chi connectivity index (χ2n) is 5.55. The molecule has 0 bridgehead atoms. The zero-order valence-electron chi connectivity index (χ0n) is 12.8. The number of aromatic nitrogens is 1. The van der Waals surface area contributed by atoms with Crippen LogP contribution < -0.4 is 5.32 Å². The molecule has 0 aliphatic heterocycles. The zero-order chi connectivity index (χ0) is 13.7. The first-order valence-electron chi connectivity index (χ1n) is 7.22. The van der Waals surface area contributed by atoms with E-state index in [4.69, 9.17) is 0 Å². The second kappa shape index (κ2) is 8.54. The highest BCUT2D eigenvalue weighted by Gasteiger charge is 2.16. The maximum atomic E-state index is 4.38. The number of nitrogens with zero attached hydrogens (tertiary/aromatic N) is 3. The van der Waals surface area contributed by atoms with E-state index in [0.29, 0.717) is 0 Å². The van der Waals surface area contributed by atoms with Gasteiger partial charge in [-0.2, -0.15) is 0 Å². The number of guanidine groups is 1. The number of hydrogen-bond donors (Lipinski definition) is 1. The molecule has 1 aliphatic carbocycles. The normalized spacial score (nSPS) is 16.1. The third-order valence-electron chi connectivity index (χ3n) is 4.05. The number of aryl methyl sites for hydroxylation is 1. The van der Waals surface area contributed by atoms with Crippen molar-refractivity contribution in [2.45, 2.75) is 32.2 Å². The molecule has 0 saturated heterocycles. The molecule has 0 spiro atoms. The number of rotatable bonds is 4. The van der Waals surface area contributed by atoms with Crippen LogP contribution in [0.2, 0.25) is 0 Å². The van der Waals surface area contributed by atoms with Gasteiger partial charge in [0.1, 0.15) is 0 Å². The van der Waals surface area contributed by atoms with Crippen molar-refractivity contribution in [3.8, 4) is 0 Å². The van der Waals surface area contributed by atoms with Gasteiger partial charge in [0.2, 0.25) is 0 Å². The van der Waals surface area contributed by atoms with Crippen LogP contribution >= 0.6 is 24.0 Å². The maximum absolute atomic E-state index is 4.38. The summed E-state index contributed by atoms with van der Waals surface area (Å²) in [6.07, 6.45) is 7.60. The summed E-state index contributed by atoms with van der Waals surface area (Å²) in [5, 5.41) is 3.51. The first kappa shape index (κ1) is 17.3. The van der Waals surface area contributed by atoms with Crippen molar-refractivity contribution in [2.24, 2.45) is 18.0 Å². The van der Waals surface area contributed by atoms with Crippen molar-refractivity contribution in [3.63, 3.8) is 0 Å². The monoisotopic (exact) mass is 390 g/mol. The van der Waals surface area contributed by atoms with Crippen molar-refractivity contribution in [1.29, 1.82) is 0 Å². The third kappa shape index (κ3) is 4.68. The van der Waals surface area contributed by atoms with Crippen LogP contribution in [0.25, 0.3) is 0 Å². The van der Waals surface area contributed by atoms with E-state index in [0.717, 1.165) is 25.0 Å². The Kier molecular flexibility index (Phi) is 7.40. The molecule has 20 heavy (non-hydrogen) atoms. The van der Waals surface area contributed by atoms with Crippen molar-refractivity contribution < 1.29 is 0 Å². The molecule has 1 N–H and O–H groups in total. The number of nitrogens with one attached hydrogen (secondary N) is 1. The fraction of sp³-hybridized carbons (Fsp3) is 0.667. The van der Waals surface area contributed by atoms with Gasteiger partial charge in [0.15, 0.2) is 5.96 Å². The lowest BCUT2D eigenvalue weighted by atomic mass is 10.1. The van der Waals surface area contributed by atoms with Crippen LogP contribution in [0.1, 0.15) is 31.4 Å². The first-order valence-corrected chi connectivity index (χ1v) is 7.22. The summed E-state index contributed by atoms with van der Waals surface area (Å²) in [6, 6.07) is 4.23. The van der Waals surface area contributed by atoms with Crippen LogP contribution in [-0.4, -0.2) is 36.1 Å². The number of halogens is 1. The van der Waals surface area contributed by atoms with Crippen molar-refractivity contribution in [1.82, 2.24) is 14.8 Å². The van der Waals surface area contributed by atoms with Crippen LogP contribution in [-0.2, 0) is 13.6 Å². The van der Waals surface area contributed by atoms with E-state index in [-0.39, 0.29) is 24.0 Å². The van der Waals surface area contributed by atoms with Gasteiger partial charge in [-0.1, -0.05) is 12.8 Å². The highest BCUT2D eigenvalue weighted by Crippen LogP contribution is 2.23. The summed E-state index contributed by atoms with van der Waals surface area (Å²) in [5.41, 5.74) is 1.30. The molecule has 2 rings (SSSR count). The van der Waals surface area contributed by atoms with E-state index in [2.05, 4.69) is 52.2 Å². The average Bonchev–Trinajstić information content (AvgIpc) is 3.03. The average molecular weight is 390 g/mol. The molecular weight excluding hydrogens is 363 g/mol. The quantitative estimate of drug-likeness (QED) is 0.487. The number of aliphatic imine (C=N–C) groups is 1. The van der Waals surface area contributed by atoms with Gasteiger partial charge in [-0.05, 0) is 30.9 Å². The van der Waals surface area contributed by atoms with Gasteiger partial charge in [0, 0.05) is 39.6 Å². The summed E-state index contributed by atoms with van der Waals surface area (Å²) in [5.74, 6) is 1.83. The lowest BCUT2D eigenvalue weighted by Crippen LogP contribution is -2.40. The van der Waals surface area contributed by atoms with Gasteiger partial charge < -0.3 is 14.8 Å². The van der Waals surface area contributed by atoms with Crippen LogP contribution in [0.4, 0.5) is 0 Å². The molecule has 114 valence electrons. The first-order chi connectivity index (χ1) is 9.20. The minimum Gasteiger partial charge on any atom is -0.356 e. The standard InChI is InChI=1S/C15H26N4.HI/c1-16-15(17-11-13-7-4-5-8-13)19(3)12-14-9-6-10-18(14)2;/h6,9-10,13H,4-5,7-8,11-12H2,1-3H3,(H,16,17);1H. The summed E-state index contributed by atoms with van der Waals surface area (Å²) in [4.78, 5) is 6.57. The molecule has 0 aromatic carbocycles. The van der Waals surface area contributed by atoms with E-state index in [9.17, 15) is 0 Å². The highest BCUT2D eigenvalue weighted by molar-refractivity contribution is 14.0. The van der Waals surface area contributed by atoms with E-state index in [1.54, 1.807) is 0 Å². The molecule has 1 fully saturated rings. The topological polar surface area (TPSA) is 32.6 Å². The van der Waals surface area contributed by atoms with Gasteiger partial charge >= 0.3 is 0 Å². The SMILES string of the molecule is CN=C(NCC1CCCC1)N(C)Cc1cccn1C.I. The van der Waals surface area contributed by atoms with Crippen molar-refractivity contribution in [3.05, 3.63) is 24.0 Å². The summed E-state index contributed by atoms with van der Waals surface area (Å²) in [7, 11) is 6.04. The minimum absolute atomic E-state index is 0. The Morgan fingerprint density at radius 3 is 2.70 bits per heavy atom. The van der Waals surface area contributed by atoms with Crippen molar-refractivity contribution in [2.75, 3.05) is 20.6 Å². The fourth-order valence-electron chi connectivity index (χ4n) is 2.81.